The predicted octanol–water partition coefficient (Wildman–Crippen LogP) is 1.12. The summed E-state index contributed by atoms with van der Waals surface area (Å²) in [6.45, 7) is 6.48. The Kier molecular flexibility index (Phi) is 3.81. The molecule has 0 aliphatic carbocycles. The van der Waals surface area contributed by atoms with Crippen molar-refractivity contribution < 1.29 is 19.4 Å². The molecule has 1 aliphatic rings. The van der Waals surface area contributed by atoms with Crippen molar-refractivity contribution in [2.24, 2.45) is 5.41 Å². The number of rotatable bonds is 2. The third-order valence-corrected chi connectivity index (χ3v) is 3.28. The number of hydrogen-bond acceptors (Lipinski definition) is 3. The molecule has 0 unspecified atom stereocenters. The Labute approximate surface area is 102 Å². The van der Waals surface area contributed by atoms with Crippen LogP contribution in [0.3, 0.4) is 0 Å². The third kappa shape index (κ3) is 2.77. The first-order chi connectivity index (χ1) is 7.73. The van der Waals surface area contributed by atoms with Crippen LogP contribution in [0.15, 0.2) is 0 Å². The molecule has 98 valence electrons. The monoisotopic (exact) mass is 243 g/mol. The molecule has 0 aromatic rings. The lowest BCUT2D eigenvalue weighted by atomic mass is 9.88. The number of aliphatic carboxylic acids is 1. The molecule has 0 aromatic heterocycles. The van der Waals surface area contributed by atoms with Crippen molar-refractivity contribution in [1.29, 1.82) is 0 Å². The summed E-state index contributed by atoms with van der Waals surface area (Å²) >= 11 is 0. The summed E-state index contributed by atoms with van der Waals surface area (Å²) in [5.74, 6) is -0.879. The summed E-state index contributed by atoms with van der Waals surface area (Å²) in [5.41, 5.74) is -1.54. The molecule has 1 rings (SSSR count). The van der Waals surface area contributed by atoms with E-state index < -0.39 is 17.0 Å². The Hall–Kier alpha value is -1.10. The molecule has 5 heteroatoms. The number of hydrogen-bond donors (Lipinski definition) is 1. The highest BCUT2D eigenvalue weighted by atomic mass is 16.5. The maximum Gasteiger partial charge on any atom is 0.336 e. The van der Waals surface area contributed by atoms with Crippen molar-refractivity contribution in [1.82, 2.24) is 4.90 Å². The summed E-state index contributed by atoms with van der Waals surface area (Å²) in [6.07, 6.45) is 0.696. The third-order valence-electron chi connectivity index (χ3n) is 3.28. The van der Waals surface area contributed by atoms with Crippen LogP contribution in [0.25, 0.3) is 0 Å². The van der Waals surface area contributed by atoms with Crippen LogP contribution in [0.5, 0.6) is 0 Å². The van der Waals surface area contributed by atoms with E-state index in [0.717, 1.165) is 0 Å². The summed E-state index contributed by atoms with van der Waals surface area (Å²) in [5, 5.41) is 9.15. The molecule has 1 fully saturated rings. The fourth-order valence-electron chi connectivity index (χ4n) is 2.05. The van der Waals surface area contributed by atoms with Gasteiger partial charge < -0.3 is 14.7 Å². The van der Waals surface area contributed by atoms with Crippen LogP contribution in [0.4, 0.5) is 0 Å². The van der Waals surface area contributed by atoms with Crippen molar-refractivity contribution in [2.45, 2.75) is 39.2 Å². The average molecular weight is 243 g/mol. The zero-order valence-electron chi connectivity index (χ0n) is 10.9. The molecule has 0 atom stereocenters. The lowest BCUT2D eigenvalue weighted by Crippen LogP contribution is -2.53. The Balaban J connectivity index is 2.68. The zero-order valence-corrected chi connectivity index (χ0v) is 10.9. The standard InChI is InChI=1S/C12H21NO4/c1-11(2,3)9(14)13-7-5-12(17-4,6-8-13)10(15)16/h5-8H2,1-4H3,(H,15,16). The van der Waals surface area contributed by atoms with Crippen LogP contribution in [0.2, 0.25) is 0 Å². The van der Waals surface area contributed by atoms with Crippen molar-refractivity contribution in [3.05, 3.63) is 0 Å². The van der Waals surface area contributed by atoms with Crippen LogP contribution >= 0.6 is 0 Å². The maximum absolute atomic E-state index is 12.0. The number of nitrogens with zero attached hydrogens (tertiary/aromatic N) is 1. The van der Waals surface area contributed by atoms with Crippen molar-refractivity contribution in [3.63, 3.8) is 0 Å². The number of likely N-dealkylation sites (tertiary alicyclic amines) is 1. The van der Waals surface area contributed by atoms with Gasteiger partial charge in [0.05, 0.1) is 0 Å². The number of amides is 1. The second kappa shape index (κ2) is 4.64. The first-order valence-corrected chi connectivity index (χ1v) is 5.81. The minimum Gasteiger partial charge on any atom is -0.479 e. The molecule has 17 heavy (non-hydrogen) atoms. The number of ether oxygens (including phenoxy) is 1. The van der Waals surface area contributed by atoms with E-state index in [0.29, 0.717) is 25.9 Å². The molecule has 1 N–H and O–H groups in total. The largest absolute Gasteiger partial charge is 0.479 e. The number of methoxy groups -OCH3 is 1. The second-order valence-corrected chi connectivity index (χ2v) is 5.55. The molecule has 0 saturated carbocycles. The molecule has 1 saturated heterocycles. The van der Waals surface area contributed by atoms with Gasteiger partial charge in [-0.1, -0.05) is 20.8 Å². The first kappa shape index (κ1) is 14.0. The molecule has 5 nitrogen and oxygen atoms in total. The highest BCUT2D eigenvalue weighted by Gasteiger charge is 2.43. The van der Waals surface area contributed by atoms with Crippen LogP contribution < -0.4 is 0 Å². The number of carbonyl (C=O) groups excluding carboxylic acids is 1. The van der Waals surface area contributed by atoms with Crippen LogP contribution in [-0.4, -0.2) is 47.7 Å². The van der Waals surface area contributed by atoms with Gasteiger partial charge in [-0.3, -0.25) is 4.79 Å². The highest BCUT2D eigenvalue weighted by Crippen LogP contribution is 2.28. The fourth-order valence-corrected chi connectivity index (χ4v) is 2.05. The maximum atomic E-state index is 12.0. The minimum absolute atomic E-state index is 0.0626. The Morgan fingerprint density at radius 1 is 1.24 bits per heavy atom. The molecule has 1 heterocycles. The van der Waals surface area contributed by atoms with Gasteiger partial charge in [-0.05, 0) is 0 Å². The second-order valence-electron chi connectivity index (χ2n) is 5.55. The fraction of sp³-hybridized carbons (Fsp3) is 0.833. The van der Waals surface area contributed by atoms with E-state index in [1.54, 1.807) is 4.90 Å². The van der Waals surface area contributed by atoms with Gasteiger partial charge >= 0.3 is 5.97 Å². The van der Waals surface area contributed by atoms with E-state index in [9.17, 15) is 9.59 Å². The Morgan fingerprint density at radius 3 is 2.00 bits per heavy atom. The Morgan fingerprint density at radius 2 is 1.71 bits per heavy atom. The van der Waals surface area contributed by atoms with Crippen molar-refractivity contribution >= 4 is 11.9 Å². The van der Waals surface area contributed by atoms with Gasteiger partial charge in [0.25, 0.3) is 0 Å². The normalized spacial score (nSPS) is 20.1. The van der Waals surface area contributed by atoms with Crippen LogP contribution in [-0.2, 0) is 14.3 Å². The van der Waals surface area contributed by atoms with Crippen molar-refractivity contribution in [2.75, 3.05) is 20.2 Å². The topological polar surface area (TPSA) is 66.8 Å². The molecular formula is C12H21NO4. The lowest BCUT2D eigenvalue weighted by molar-refractivity contribution is -0.171. The lowest BCUT2D eigenvalue weighted by Gasteiger charge is -2.39. The molecular weight excluding hydrogens is 222 g/mol. The first-order valence-electron chi connectivity index (χ1n) is 5.81. The van der Waals surface area contributed by atoms with E-state index in [-0.39, 0.29) is 5.91 Å². The number of carboxylic acid groups (broad SMARTS) is 1. The highest BCUT2D eigenvalue weighted by molar-refractivity contribution is 5.82. The summed E-state index contributed by atoms with van der Waals surface area (Å²) in [7, 11) is 1.41. The molecule has 0 aromatic carbocycles. The summed E-state index contributed by atoms with van der Waals surface area (Å²) in [4.78, 5) is 24.9. The van der Waals surface area contributed by atoms with Gasteiger partial charge in [0.1, 0.15) is 0 Å². The molecule has 1 aliphatic heterocycles. The van der Waals surface area contributed by atoms with Gasteiger partial charge in [0.15, 0.2) is 5.60 Å². The van der Waals surface area contributed by atoms with E-state index >= 15 is 0 Å². The number of carboxylic acids is 1. The summed E-state index contributed by atoms with van der Waals surface area (Å²) < 4.78 is 5.12. The molecule has 1 amide bonds. The van der Waals surface area contributed by atoms with Crippen molar-refractivity contribution in [3.8, 4) is 0 Å². The minimum atomic E-state index is -1.12. The van der Waals surface area contributed by atoms with E-state index in [1.807, 2.05) is 20.8 Å². The van der Waals surface area contributed by atoms with Gasteiger partial charge in [0.2, 0.25) is 5.91 Å². The molecule has 0 bridgehead atoms. The van der Waals surface area contributed by atoms with Gasteiger partial charge in [-0.25, -0.2) is 4.79 Å². The number of carbonyl (C=O) groups is 2. The Bertz CT molecular complexity index is 311. The zero-order chi connectivity index (χ0) is 13.3. The number of piperidine rings is 1. The van der Waals surface area contributed by atoms with Crippen LogP contribution in [0.1, 0.15) is 33.6 Å². The molecule has 0 radical (unpaired) electrons. The van der Waals surface area contributed by atoms with Crippen LogP contribution in [0, 0.1) is 5.41 Å². The van der Waals surface area contributed by atoms with Gasteiger partial charge in [0, 0.05) is 38.5 Å². The SMILES string of the molecule is COC1(C(=O)O)CCN(C(=O)C(C)(C)C)CC1. The quantitative estimate of drug-likeness (QED) is 0.789. The van der Waals surface area contributed by atoms with Gasteiger partial charge in [-0.2, -0.15) is 0 Å². The van der Waals surface area contributed by atoms with E-state index in [4.69, 9.17) is 9.84 Å². The van der Waals surface area contributed by atoms with E-state index in [1.165, 1.54) is 7.11 Å². The van der Waals surface area contributed by atoms with Gasteiger partial charge in [-0.15, -0.1) is 0 Å². The smallest absolute Gasteiger partial charge is 0.336 e. The van der Waals surface area contributed by atoms with E-state index in [2.05, 4.69) is 0 Å². The molecule has 0 spiro atoms. The average Bonchev–Trinajstić information content (AvgIpc) is 2.26. The summed E-state index contributed by atoms with van der Waals surface area (Å²) in [6, 6.07) is 0. The predicted molar refractivity (Wildman–Crippen MR) is 62.6 cm³/mol.